The number of rotatable bonds is 6. The minimum absolute atomic E-state index is 0.134. The number of carbonyl (C=O) groups is 1. The summed E-state index contributed by atoms with van der Waals surface area (Å²) in [6.45, 7) is 0.134. The average Bonchev–Trinajstić information content (AvgIpc) is 3.27. The molecule has 0 bridgehead atoms. The molecule has 6 nitrogen and oxygen atoms in total. The van der Waals surface area contributed by atoms with Gasteiger partial charge in [0.1, 0.15) is 23.9 Å². The van der Waals surface area contributed by atoms with Gasteiger partial charge in [-0.1, -0.05) is 30.3 Å². The highest BCUT2D eigenvalue weighted by Gasteiger charge is 2.34. The van der Waals surface area contributed by atoms with Crippen molar-refractivity contribution in [1.82, 2.24) is 10.2 Å². The van der Waals surface area contributed by atoms with E-state index in [1.54, 1.807) is 25.3 Å². The second-order valence-corrected chi connectivity index (χ2v) is 7.73. The second-order valence-electron chi connectivity index (χ2n) is 7.73. The number of methoxy groups -OCH3 is 1. The number of H-pyrrole nitrogens is 1. The molecule has 1 N–H and O–H groups in total. The van der Waals surface area contributed by atoms with Crippen LogP contribution in [0.15, 0.2) is 72.8 Å². The van der Waals surface area contributed by atoms with E-state index in [-0.39, 0.29) is 30.7 Å². The molecule has 4 aromatic rings. The summed E-state index contributed by atoms with van der Waals surface area (Å²) >= 11 is 0. The lowest BCUT2D eigenvalue weighted by Gasteiger charge is -2.22. The van der Waals surface area contributed by atoms with Gasteiger partial charge in [0, 0.05) is 17.0 Å². The normalized spacial score (nSPS) is 15.0. The number of esters is 1. The van der Waals surface area contributed by atoms with Gasteiger partial charge < -0.3 is 14.2 Å². The molecule has 0 saturated carbocycles. The Bertz CT molecular complexity index is 1280. The van der Waals surface area contributed by atoms with Crippen molar-refractivity contribution in [1.29, 1.82) is 0 Å². The fourth-order valence-corrected chi connectivity index (χ4v) is 3.99. The first-order valence-electron chi connectivity index (χ1n) is 10.5. The van der Waals surface area contributed by atoms with Crippen LogP contribution in [-0.4, -0.2) is 23.3 Å². The van der Waals surface area contributed by atoms with Gasteiger partial charge in [-0.15, -0.1) is 5.10 Å². The first kappa shape index (κ1) is 20.8. The van der Waals surface area contributed by atoms with Gasteiger partial charge in [0.25, 0.3) is 0 Å². The van der Waals surface area contributed by atoms with E-state index in [1.165, 1.54) is 6.07 Å². The Balaban J connectivity index is 1.41. The summed E-state index contributed by atoms with van der Waals surface area (Å²) in [5, 5.41) is 7.25. The number of fused-ring (bicyclic) bond motifs is 1. The van der Waals surface area contributed by atoms with Crippen LogP contribution in [0, 0.1) is 5.82 Å². The van der Waals surface area contributed by atoms with E-state index in [4.69, 9.17) is 14.2 Å². The Labute approximate surface area is 189 Å². The highest BCUT2D eigenvalue weighted by atomic mass is 19.1. The van der Waals surface area contributed by atoms with Crippen LogP contribution >= 0.6 is 0 Å². The van der Waals surface area contributed by atoms with Crippen molar-refractivity contribution in [3.63, 3.8) is 0 Å². The maximum absolute atomic E-state index is 13.8. The van der Waals surface area contributed by atoms with E-state index >= 15 is 0 Å². The third-order valence-electron chi connectivity index (χ3n) is 5.71. The molecule has 0 radical (unpaired) electrons. The van der Waals surface area contributed by atoms with Crippen LogP contribution in [0.4, 0.5) is 4.39 Å². The molecule has 2 heterocycles. The van der Waals surface area contributed by atoms with Crippen LogP contribution < -0.4 is 14.2 Å². The Hall–Kier alpha value is -4.13. The number of carbonyl (C=O) groups excluding carboxylic acids is 1. The maximum Gasteiger partial charge on any atom is 0.313 e. The van der Waals surface area contributed by atoms with Gasteiger partial charge in [0.2, 0.25) is 5.88 Å². The van der Waals surface area contributed by atoms with Crippen molar-refractivity contribution in [3.05, 3.63) is 95.3 Å². The van der Waals surface area contributed by atoms with Gasteiger partial charge in [-0.05, 0) is 48.0 Å². The van der Waals surface area contributed by atoms with Gasteiger partial charge >= 0.3 is 5.97 Å². The van der Waals surface area contributed by atoms with Gasteiger partial charge in [-0.2, -0.15) is 0 Å². The summed E-state index contributed by atoms with van der Waals surface area (Å²) in [4.78, 5) is 12.2. The predicted molar refractivity (Wildman–Crippen MR) is 120 cm³/mol. The average molecular weight is 444 g/mol. The van der Waals surface area contributed by atoms with E-state index in [0.29, 0.717) is 17.2 Å². The Morgan fingerprint density at radius 2 is 1.76 bits per heavy atom. The largest absolute Gasteiger partial charge is 0.497 e. The number of benzene rings is 3. The van der Waals surface area contributed by atoms with Crippen molar-refractivity contribution in [2.45, 2.75) is 18.9 Å². The molecule has 0 spiro atoms. The lowest BCUT2D eigenvalue weighted by Crippen LogP contribution is -2.20. The number of aromatic amines is 1. The molecule has 1 aromatic heterocycles. The van der Waals surface area contributed by atoms with Crippen molar-refractivity contribution in [2.24, 2.45) is 0 Å². The number of halogens is 1. The quantitative estimate of drug-likeness (QED) is 0.412. The highest BCUT2D eigenvalue weighted by molar-refractivity contribution is 5.80. The van der Waals surface area contributed by atoms with Gasteiger partial charge in [-0.3, -0.25) is 9.89 Å². The number of hydrogen-bond acceptors (Lipinski definition) is 5. The number of hydrogen-bond donors (Lipinski definition) is 1. The van der Waals surface area contributed by atoms with Crippen LogP contribution in [-0.2, 0) is 11.4 Å². The van der Waals surface area contributed by atoms with Crippen molar-refractivity contribution in [2.75, 3.05) is 7.11 Å². The summed E-state index contributed by atoms with van der Waals surface area (Å²) in [6, 6.07) is 21.6. The minimum Gasteiger partial charge on any atom is -0.497 e. The van der Waals surface area contributed by atoms with Gasteiger partial charge in [-0.25, -0.2) is 4.39 Å². The molecular formula is C26H21FN2O4. The SMILES string of the molecule is COc1ccc(-c2[nH]nc3c2[C@H](c2ccc(OCc4ccccc4F)cc2)CC(=O)O3)cc1. The number of aromatic nitrogens is 2. The zero-order valence-corrected chi connectivity index (χ0v) is 17.9. The summed E-state index contributed by atoms with van der Waals surface area (Å²) in [5.41, 5.74) is 3.97. The summed E-state index contributed by atoms with van der Waals surface area (Å²) in [7, 11) is 1.62. The summed E-state index contributed by atoms with van der Waals surface area (Å²) in [5.74, 6) is 0.803. The highest BCUT2D eigenvalue weighted by Crippen LogP contribution is 2.43. The number of nitrogens with zero attached hydrogens (tertiary/aromatic N) is 1. The first-order chi connectivity index (χ1) is 16.1. The molecule has 0 amide bonds. The molecule has 0 fully saturated rings. The molecule has 166 valence electrons. The first-order valence-corrected chi connectivity index (χ1v) is 10.5. The van der Waals surface area contributed by atoms with Crippen LogP contribution in [0.25, 0.3) is 11.3 Å². The molecule has 1 atom stereocenters. The maximum atomic E-state index is 13.8. The molecule has 1 aliphatic heterocycles. The monoisotopic (exact) mass is 444 g/mol. The molecule has 5 rings (SSSR count). The van der Waals surface area contributed by atoms with Crippen LogP contribution in [0.3, 0.4) is 0 Å². The lowest BCUT2D eigenvalue weighted by molar-refractivity contribution is -0.135. The number of nitrogens with one attached hydrogen (secondary N) is 1. The molecular weight excluding hydrogens is 423 g/mol. The van der Waals surface area contributed by atoms with E-state index in [2.05, 4.69) is 10.2 Å². The molecule has 1 aliphatic rings. The summed E-state index contributed by atoms with van der Waals surface area (Å²) < 4.78 is 30.2. The lowest BCUT2D eigenvalue weighted by atomic mass is 9.86. The Morgan fingerprint density at radius 1 is 1.03 bits per heavy atom. The van der Waals surface area contributed by atoms with Crippen molar-refractivity contribution >= 4 is 5.97 Å². The fraction of sp³-hybridized carbons (Fsp3) is 0.154. The fourth-order valence-electron chi connectivity index (χ4n) is 3.99. The molecule has 0 aliphatic carbocycles. The van der Waals surface area contributed by atoms with Crippen LogP contribution in [0.1, 0.15) is 29.0 Å². The van der Waals surface area contributed by atoms with Gasteiger partial charge in [0.15, 0.2) is 0 Å². The van der Waals surface area contributed by atoms with Crippen molar-refractivity contribution < 1.29 is 23.4 Å². The molecule has 0 saturated heterocycles. The van der Waals surface area contributed by atoms with Crippen LogP contribution in [0.5, 0.6) is 17.4 Å². The Kier molecular flexibility index (Phi) is 5.52. The van der Waals surface area contributed by atoms with Gasteiger partial charge in [0.05, 0.1) is 24.8 Å². The van der Waals surface area contributed by atoms with Crippen LogP contribution in [0.2, 0.25) is 0 Å². The van der Waals surface area contributed by atoms with E-state index in [0.717, 1.165) is 28.1 Å². The zero-order chi connectivity index (χ0) is 22.8. The third kappa shape index (κ3) is 4.17. The third-order valence-corrected chi connectivity index (χ3v) is 5.71. The zero-order valence-electron chi connectivity index (χ0n) is 17.9. The van der Waals surface area contributed by atoms with Crippen molar-refractivity contribution in [3.8, 4) is 28.6 Å². The predicted octanol–water partition coefficient (Wildman–Crippen LogP) is 5.24. The molecule has 33 heavy (non-hydrogen) atoms. The molecule has 7 heteroatoms. The van der Waals surface area contributed by atoms with E-state index in [9.17, 15) is 9.18 Å². The molecule has 3 aromatic carbocycles. The Morgan fingerprint density at radius 3 is 2.48 bits per heavy atom. The molecule has 0 unspecified atom stereocenters. The summed E-state index contributed by atoms with van der Waals surface area (Å²) in [6.07, 6.45) is 0.200. The second kappa shape index (κ2) is 8.78. The minimum atomic E-state index is -0.333. The van der Waals surface area contributed by atoms with E-state index < -0.39 is 0 Å². The van der Waals surface area contributed by atoms with E-state index in [1.807, 2.05) is 48.5 Å². The number of ether oxygens (including phenoxy) is 3. The smallest absolute Gasteiger partial charge is 0.313 e. The standard InChI is InChI=1S/C26H21FN2O4/c1-31-19-10-8-17(9-11-19)25-24-21(14-23(30)33-26(24)29-28-25)16-6-12-20(13-7-16)32-15-18-4-2-3-5-22(18)27/h2-13,21H,14-15H2,1H3,(H,28,29)/t21-/m0/s1. The topological polar surface area (TPSA) is 73.4 Å².